The minimum Gasteiger partial charge on any atom is -0.496 e. The van der Waals surface area contributed by atoms with Gasteiger partial charge in [-0.2, -0.15) is 0 Å². The van der Waals surface area contributed by atoms with E-state index in [1.165, 1.54) is 18.4 Å². The van der Waals surface area contributed by atoms with Gasteiger partial charge in [-0.3, -0.25) is 4.90 Å². The average Bonchev–Trinajstić information content (AvgIpc) is 3.35. The molecular formula is C16H22N6O. The van der Waals surface area contributed by atoms with Crippen LogP contribution in [0.4, 0.5) is 0 Å². The van der Waals surface area contributed by atoms with E-state index in [0.29, 0.717) is 6.04 Å². The number of piperazine rings is 1. The van der Waals surface area contributed by atoms with Crippen LogP contribution in [0.1, 0.15) is 36.3 Å². The normalized spacial score (nSPS) is 22.2. The van der Waals surface area contributed by atoms with E-state index in [0.717, 1.165) is 37.8 Å². The van der Waals surface area contributed by atoms with Crippen molar-refractivity contribution in [1.29, 1.82) is 0 Å². The molecule has 1 aromatic heterocycles. The Balaban J connectivity index is 1.59. The number of tetrazole rings is 1. The number of nitrogens with one attached hydrogen (secondary N) is 1. The highest BCUT2D eigenvalue weighted by atomic mass is 16.5. The number of para-hydroxylation sites is 1. The first-order chi connectivity index (χ1) is 11.4. The molecule has 23 heavy (non-hydrogen) atoms. The Morgan fingerprint density at radius 1 is 1.30 bits per heavy atom. The van der Waals surface area contributed by atoms with Crippen LogP contribution in [0.5, 0.6) is 5.75 Å². The second kappa shape index (κ2) is 6.25. The zero-order valence-electron chi connectivity index (χ0n) is 13.4. The van der Waals surface area contributed by atoms with Gasteiger partial charge in [0.1, 0.15) is 5.75 Å². The van der Waals surface area contributed by atoms with Crippen molar-refractivity contribution >= 4 is 0 Å². The lowest BCUT2D eigenvalue weighted by molar-refractivity contribution is 0.144. The summed E-state index contributed by atoms with van der Waals surface area (Å²) in [5.74, 6) is 1.90. The van der Waals surface area contributed by atoms with Crippen molar-refractivity contribution in [3.05, 3.63) is 35.7 Å². The van der Waals surface area contributed by atoms with Crippen molar-refractivity contribution in [2.45, 2.75) is 31.5 Å². The molecule has 0 amide bonds. The maximum absolute atomic E-state index is 5.55. The molecule has 1 aliphatic heterocycles. The van der Waals surface area contributed by atoms with E-state index >= 15 is 0 Å². The summed E-state index contributed by atoms with van der Waals surface area (Å²) in [4.78, 5) is 2.44. The molecule has 2 aliphatic rings. The van der Waals surface area contributed by atoms with Gasteiger partial charge >= 0.3 is 0 Å². The lowest BCUT2D eigenvalue weighted by Crippen LogP contribution is -2.46. The van der Waals surface area contributed by atoms with Crippen LogP contribution in [-0.4, -0.2) is 51.9 Å². The first-order valence-corrected chi connectivity index (χ1v) is 8.21. The Morgan fingerprint density at radius 2 is 2.17 bits per heavy atom. The molecule has 1 saturated heterocycles. The number of ether oxygens (including phenoxy) is 1. The topological polar surface area (TPSA) is 68.1 Å². The van der Waals surface area contributed by atoms with Crippen molar-refractivity contribution in [3.63, 3.8) is 0 Å². The maximum atomic E-state index is 5.55. The van der Waals surface area contributed by atoms with Crippen LogP contribution < -0.4 is 10.1 Å². The smallest absolute Gasteiger partial charge is 0.165 e. The minimum atomic E-state index is 0.268. The highest BCUT2D eigenvalue weighted by Gasteiger charge is 2.31. The second-order valence-corrected chi connectivity index (χ2v) is 6.20. The zero-order chi connectivity index (χ0) is 15.6. The largest absolute Gasteiger partial charge is 0.496 e. The van der Waals surface area contributed by atoms with Gasteiger partial charge in [-0.25, -0.2) is 4.68 Å². The van der Waals surface area contributed by atoms with Gasteiger partial charge in [-0.1, -0.05) is 18.2 Å². The summed E-state index contributed by atoms with van der Waals surface area (Å²) in [5, 5.41) is 15.8. The molecule has 1 unspecified atom stereocenters. The van der Waals surface area contributed by atoms with Gasteiger partial charge in [0.2, 0.25) is 0 Å². The Hall–Kier alpha value is -1.99. The van der Waals surface area contributed by atoms with Crippen molar-refractivity contribution in [2.24, 2.45) is 0 Å². The number of benzene rings is 1. The summed E-state index contributed by atoms with van der Waals surface area (Å²) < 4.78 is 7.56. The zero-order valence-corrected chi connectivity index (χ0v) is 13.4. The van der Waals surface area contributed by atoms with E-state index in [9.17, 15) is 0 Å². The Bertz CT molecular complexity index is 668. The third kappa shape index (κ3) is 2.94. The molecule has 7 nitrogen and oxygen atoms in total. The summed E-state index contributed by atoms with van der Waals surface area (Å²) in [6.07, 6.45) is 2.38. The number of aromatic nitrogens is 4. The molecule has 2 heterocycles. The van der Waals surface area contributed by atoms with E-state index in [1.54, 1.807) is 7.11 Å². The molecule has 0 radical (unpaired) electrons. The SMILES string of the molecule is COc1ccccc1C1CNCCN1Cc1nnnn1C1CC1. The van der Waals surface area contributed by atoms with Crippen LogP contribution in [-0.2, 0) is 6.54 Å². The lowest BCUT2D eigenvalue weighted by Gasteiger charge is -2.36. The molecule has 7 heteroatoms. The van der Waals surface area contributed by atoms with E-state index in [-0.39, 0.29) is 6.04 Å². The lowest BCUT2D eigenvalue weighted by atomic mass is 10.0. The van der Waals surface area contributed by atoms with Gasteiger partial charge in [0, 0.05) is 25.2 Å². The third-order valence-corrected chi connectivity index (χ3v) is 4.65. The minimum absolute atomic E-state index is 0.268. The quantitative estimate of drug-likeness (QED) is 0.893. The van der Waals surface area contributed by atoms with Crippen LogP contribution in [0, 0.1) is 0 Å². The number of hydrogen-bond donors (Lipinski definition) is 1. The second-order valence-electron chi connectivity index (χ2n) is 6.20. The summed E-state index contributed by atoms with van der Waals surface area (Å²) >= 11 is 0. The van der Waals surface area contributed by atoms with E-state index in [4.69, 9.17) is 4.74 Å². The van der Waals surface area contributed by atoms with Gasteiger partial charge < -0.3 is 10.1 Å². The Kier molecular flexibility index (Phi) is 3.97. The molecule has 2 aromatic rings. The van der Waals surface area contributed by atoms with Gasteiger partial charge in [-0.15, -0.1) is 5.10 Å². The first kappa shape index (κ1) is 14.6. The average molecular weight is 314 g/mol. The van der Waals surface area contributed by atoms with Crippen LogP contribution in [0.3, 0.4) is 0 Å². The maximum Gasteiger partial charge on any atom is 0.165 e. The highest BCUT2D eigenvalue weighted by Crippen LogP contribution is 2.35. The van der Waals surface area contributed by atoms with Gasteiger partial charge in [-0.05, 0) is 29.3 Å². The fourth-order valence-corrected chi connectivity index (χ4v) is 3.28. The summed E-state index contributed by atoms with van der Waals surface area (Å²) in [6, 6.07) is 9.02. The summed E-state index contributed by atoms with van der Waals surface area (Å²) in [6.45, 7) is 3.64. The van der Waals surface area contributed by atoms with Crippen LogP contribution in [0.15, 0.2) is 24.3 Å². The fraction of sp³-hybridized carbons (Fsp3) is 0.562. The van der Waals surface area contributed by atoms with E-state index < -0.39 is 0 Å². The van der Waals surface area contributed by atoms with E-state index in [1.807, 2.05) is 16.8 Å². The van der Waals surface area contributed by atoms with Crippen molar-refractivity contribution in [2.75, 3.05) is 26.7 Å². The van der Waals surface area contributed by atoms with Gasteiger partial charge in [0.25, 0.3) is 0 Å². The number of hydrogen-bond acceptors (Lipinski definition) is 6. The first-order valence-electron chi connectivity index (χ1n) is 8.21. The molecular weight excluding hydrogens is 292 g/mol. The molecule has 1 aliphatic carbocycles. The van der Waals surface area contributed by atoms with Crippen molar-refractivity contribution < 1.29 is 4.74 Å². The summed E-state index contributed by atoms with van der Waals surface area (Å²) in [7, 11) is 1.73. The summed E-state index contributed by atoms with van der Waals surface area (Å²) in [5.41, 5.74) is 1.22. The molecule has 1 atom stereocenters. The molecule has 2 fully saturated rings. The van der Waals surface area contributed by atoms with Crippen LogP contribution in [0.2, 0.25) is 0 Å². The Labute approximate surface area is 135 Å². The number of rotatable bonds is 5. The highest BCUT2D eigenvalue weighted by molar-refractivity contribution is 5.36. The third-order valence-electron chi connectivity index (χ3n) is 4.65. The van der Waals surface area contributed by atoms with Crippen molar-refractivity contribution in [3.8, 4) is 5.75 Å². The Morgan fingerprint density at radius 3 is 3.00 bits per heavy atom. The molecule has 4 rings (SSSR count). The number of nitrogens with zero attached hydrogens (tertiary/aromatic N) is 5. The molecule has 122 valence electrons. The van der Waals surface area contributed by atoms with Crippen molar-refractivity contribution in [1.82, 2.24) is 30.4 Å². The van der Waals surface area contributed by atoms with E-state index in [2.05, 4.69) is 37.9 Å². The number of methoxy groups -OCH3 is 1. The molecule has 1 saturated carbocycles. The monoisotopic (exact) mass is 314 g/mol. The molecule has 1 aromatic carbocycles. The van der Waals surface area contributed by atoms with Crippen LogP contribution >= 0.6 is 0 Å². The molecule has 0 spiro atoms. The standard InChI is InChI=1S/C16H22N6O/c1-23-15-5-3-2-4-13(15)14-10-17-8-9-21(14)11-16-18-19-20-22(16)12-6-7-12/h2-5,12,14,17H,6-11H2,1H3. The molecule has 1 N–H and O–H groups in total. The molecule has 0 bridgehead atoms. The van der Waals surface area contributed by atoms with Gasteiger partial charge in [0.15, 0.2) is 5.82 Å². The predicted molar refractivity (Wildman–Crippen MR) is 85.1 cm³/mol. The van der Waals surface area contributed by atoms with Crippen LogP contribution in [0.25, 0.3) is 0 Å². The van der Waals surface area contributed by atoms with Gasteiger partial charge in [0.05, 0.1) is 25.7 Å². The fourth-order valence-electron chi connectivity index (χ4n) is 3.28. The predicted octanol–water partition coefficient (Wildman–Crippen LogP) is 1.16.